The van der Waals surface area contributed by atoms with Crippen molar-refractivity contribution in [3.8, 4) is 6.07 Å². The highest BCUT2D eigenvalue weighted by Gasteiger charge is 2.14. The van der Waals surface area contributed by atoms with E-state index in [9.17, 15) is 4.79 Å². The first-order valence-corrected chi connectivity index (χ1v) is 5.25. The van der Waals surface area contributed by atoms with Crippen molar-refractivity contribution in [2.24, 2.45) is 5.92 Å². The van der Waals surface area contributed by atoms with E-state index in [-0.39, 0.29) is 19.0 Å². The number of amides is 1. The summed E-state index contributed by atoms with van der Waals surface area (Å²) in [5.74, 6) is 0.513. The molecule has 1 unspecified atom stereocenters. The van der Waals surface area contributed by atoms with Gasteiger partial charge in [-0.1, -0.05) is 0 Å². The fourth-order valence-corrected chi connectivity index (χ4v) is 1.52. The Balaban J connectivity index is 1.92. The Bertz CT molecular complexity index is 231. The van der Waals surface area contributed by atoms with Gasteiger partial charge in [0.25, 0.3) is 0 Å². The second-order valence-electron chi connectivity index (χ2n) is 3.63. The molecule has 15 heavy (non-hydrogen) atoms. The molecule has 0 aliphatic carbocycles. The highest BCUT2D eigenvalue weighted by atomic mass is 16.5. The summed E-state index contributed by atoms with van der Waals surface area (Å²) in [5, 5.41) is 13.7. The van der Waals surface area contributed by atoms with Gasteiger partial charge in [0, 0.05) is 13.2 Å². The maximum absolute atomic E-state index is 11.0. The second kappa shape index (κ2) is 7.21. The van der Waals surface area contributed by atoms with Crippen molar-refractivity contribution in [3.63, 3.8) is 0 Å². The number of nitrogens with zero attached hydrogens (tertiary/aromatic N) is 1. The highest BCUT2D eigenvalue weighted by molar-refractivity contribution is 5.78. The molecule has 1 rings (SSSR count). The molecule has 0 radical (unpaired) electrons. The van der Waals surface area contributed by atoms with E-state index < -0.39 is 0 Å². The van der Waals surface area contributed by atoms with Crippen LogP contribution in [0.2, 0.25) is 0 Å². The highest BCUT2D eigenvalue weighted by Crippen LogP contribution is 2.14. The average Bonchev–Trinajstić information content (AvgIpc) is 2.74. The van der Waals surface area contributed by atoms with Crippen molar-refractivity contribution >= 4 is 5.91 Å². The van der Waals surface area contributed by atoms with Crippen molar-refractivity contribution in [2.75, 3.05) is 32.8 Å². The number of hydrogen-bond acceptors (Lipinski definition) is 4. The molecule has 0 spiro atoms. The van der Waals surface area contributed by atoms with E-state index >= 15 is 0 Å². The molecule has 2 N–H and O–H groups in total. The molecule has 84 valence electrons. The van der Waals surface area contributed by atoms with Crippen molar-refractivity contribution in [1.29, 1.82) is 5.26 Å². The summed E-state index contributed by atoms with van der Waals surface area (Å²) in [5.41, 5.74) is 0. The lowest BCUT2D eigenvalue weighted by atomic mass is 10.1. The van der Waals surface area contributed by atoms with Crippen LogP contribution in [-0.4, -0.2) is 38.8 Å². The maximum atomic E-state index is 11.0. The van der Waals surface area contributed by atoms with Crippen molar-refractivity contribution in [1.82, 2.24) is 10.6 Å². The van der Waals surface area contributed by atoms with E-state index in [1.165, 1.54) is 0 Å². The SMILES string of the molecule is N#CCNC(=O)CNCCC1CCOC1. The number of carbonyl (C=O) groups is 1. The normalized spacial score (nSPS) is 19.8. The van der Waals surface area contributed by atoms with Gasteiger partial charge in [-0.05, 0) is 25.3 Å². The van der Waals surface area contributed by atoms with Crippen LogP contribution in [-0.2, 0) is 9.53 Å². The Labute approximate surface area is 89.8 Å². The number of nitrogens with one attached hydrogen (secondary N) is 2. The Morgan fingerprint density at radius 1 is 1.60 bits per heavy atom. The molecule has 1 heterocycles. The van der Waals surface area contributed by atoms with E-state index in [4.69, 9.17) is 10.00 Å². The lowest BCUT2D eigenvalue weighted by molar-refractivity contribution is -0.120. The summed E-state index contributed by atoms with van der Waals surface area (Å²) in [6.45, 7) is 2.91. The van der Waals surface area contributed by atoms with E-state index in [0.29, 0.717) is 5.92 Å². The molecule has 5 nitrogen and oxygen atoms in total. The van der Waals surface area contributed by atoms with Crippen molar-refractivity contribution < 1.29 is 9.53 Å². The summed E-state index contributed by atoms with van der Waals surface area (Å²) < 4.78 is 5.25. The number of hydrogen-bond donors (Lipinski definition) is 2. The first-order valence-electron chi connectivity index (χ1n) is 5.25. The average molecular weight is 211 g/mol. The minimum Gasteiger partial charge on any atom is -0.381 e. The van der Waals surface area contributed by atoms with Gasteiger partial charge in [0.2, 0.25) is 5.91 Å². The van der Waals surface area contributed by atoms with Gasteiger partial charge in [-0.15, -0.1) is 0 Å². The Morgan fingerprint density at radius 2 is 2.47 bits per heavy atom. The molecular formula is C10H17N3O2. The lowest BCUT2D eigenvalue weighted by Gasteiger charge is -2.08. The standard InChI is InChI=1S/C10H17N3O2/c11-3-5-13-10(14)7-12-4-1-9-2-6-15-8-9/h9,12H,1-2,4-8H2,(H,13,14). The molecule has 1 amide bonds. The molecule has 5 heteroatoms. The van der Waals surface area contributed by atoms with Gasteiger partial charge in [-0.2, -0.15) is 5.26 Å². The number of nitriles is 1. The summed E-state index contributed by atoms with van der Waals surface area (Å²) in [4.78, 5) is 11.0. The van der Waals surface area contributed by atoms with Crippen molar-refractivity contribution in [3.05, 3.63) is 0 Å². The van der Waals surface area contributed by atoms with Crippen LogP contribution >= 0.6 is 0 Å². The van der Waals surface area contributed by atoms with Crippen LogP contribution in [0.1, 0.15) is 12.8 Å². The maximum Gasteiger partial charge on any atom is 0.234 e. The van der Waals surface area contributed by atoms with E-state index in [1.54, 1.807) is 0 Å². The Morgan fingerprint density at radius 3 is 3.13 bits per heavy atom. The topological polar surface area (TPSA) is 74.2 Å². The quantitative estimate of drug-likeness (QED) is 0.465. The van der Waals surface area contributed by atoms with Crippen molar-refractivity contribution in [2.45, 2.75) is 12.8 Å². The van der Waals surface area contributed by atoms with E-state index in [2.05, 4.69) is 10.6 Å². The fraction of sp³-hybridized carbons (Fsp3) is 0.800. The Kier molecular flexibility index (Phi) is 5.74. The predicted molar refractivity (Wildman–Crippen MR) is 55.0 cm³/mol. The molecule has 0 aromatic heterocycles. The minimum atomic E-state index is -0.126. The summed E-state index contributed by atoms with van der Waals surface area (Å²) in [7, 11) is 0. The van der Waals surface area contributed by atoms with Crippen LogP contribution in [0, 0.1) is 17.2 Å². The first kappa shape index (κ1) is 12.0. The third-order valence-corrected chi connectivity index (χ3v) is 2.40. The fourth-order valence-electron chi connectivity index (χ4n) is 1.52. The van der Waals surface area contributed by atoms with Crippen LogP contribution in [0.3, 0.4) is 0 Å². The number of rotatable bonds is 6. The number of ether oxygens (including phenoxy) is 1. The van der Waals surface area contributed by atoms with Crippen LogP contribution in [0.15, 0.2) is 0 Å². The zero-order valence-corrected chi connectivity index (χ0v) is 8.79. The zero-order chi connectivity index (χ0) is 10.9. The molecule has 0 bridgehead atoms. The van der Waals surface area contributed by atoms with Gasteiger partial charge in [-0.25, -0.2) is 0 Å². The predicted octanol–water partition coefficient (Wildman–Crippen LogP) is -0.358. The van der Waals surface area contributed by atoms with E-state index in [1.807, 2.05) is 6.07 Å². The monoisotopic (exact) mass is 211 g/mol. The molecule has 1 aliphatic rings. The van der Waals surface area contributed by atoms with Crippen LogP contribution in [0.4, 0.5) is 0 Å². The molecular weight excluding hydrogens is 194 g/mol. The molecule has 1 saturated heterocycles. The van der Waals surface area contributed by atoms with Gasteiger partial charge >= 0.3 is 0 Å². The smallest absolute Gasteiger partial charge is 0.234 e. The van der Waals surface area contributed by atoms with Gasteiger partial charge < -0.3 is 15.4 Å². The van der Waals surface area contributed by atoms with Gasteiger partial charge in [0.1, 0.15) is 6.54 Å². The first-order chi connectivity index (χ1) is 7.33. The molecule has 1 aliphatic heterocycles. The minimum absolute atomic E-state index is 0.0803. The van der Waals surface area contributed by atoms with E-state index in [0.717, 1.165) is 32.6 Å². The second-order valence-corrected chi connectivity index (χ2v) is 3.63. The summed E-state index contributed by atoms with van der Waals surface area (Å²) in [6.07, 6.45) is 2.17. The van der Waals surface area contributed by atoms with Gasteiger partial charge in [0.15, 0.2) is 0 Å². The molecule has 0 aromatic carbocycles. The van der Waals surface area contributed by atoms with Gasteiger partial charge in [-0.3, -0.25) is 4.79 Å². The van der Waals surface area contributed by atoms with Crippen LogP contribution < -0.4 is 10.6 Å². The lowest BCUT2D eigenvalue weighted by Crippen LogP contribution is -2.34. The largest absolute Gasteiger partial charge is 0.381 e. The molecule has 0 aromatic rings. The molecule has 1 fully saturated rings. The number of carbonyl (C=O) groups excluding carboxylic acids is 1. The van der Waals surface area contributed by atoms with Crippen LogP contribution in [0.5, 0.6) is 0 Å². The Hall–Kier alpha value is -1.12. The summed E-state index contributed by atoms with van der Waals surface area (Å²) in [6, 6.07) is 1.86. The third-order valence-electron chi connectivity index (χ3n) is 2.40. The third kappa shape index (κ3) is 5.35. The molecule has 0 saturated carbocycles. The van der Waals surface area contributed by atoms with Gasteiger partial charge in [0.05, 0.1) is 12.6 Å². The molecule has 1 atom stereocenters. The zero-order valence-electron chi connectivity index (χ0n) is 8.79. The summed E-state index contributed by atoms with van der Waals surface area (Å²) >= 11 is 0. The van der Waals surface area contributed by atoms with Crippen LogP contribution in [0.25, 0.3) is 0 Å².